The van der Waals surface area contributed by atoms with Crippen molar-refractivity contribution in [3.63, 3.8) is 0 Å². The van der Waals surface area contributed by atoms with Crippen molar-refractivity contribution in [2.24, 2.45) is 11.8 Å². The van der Waals surface area contributed by atoms with Gasteiger partial charge in [0.1, 0.15) is 18.0 Å². The first kappa shape index (κ1) is 17.7. The average Bonchev–Trinajstić information content (AvgIpc) is 3.26. The van der Waals surface area contributed by atoms with Gasteiger partial charge in [-0.3, -0.25) is 0 Å². The lowest BCUT2D eigenvalue weighted by atomic mass is 10.00. The van der Waals surface area contributed by atoms with Crippen molar-refractivity contribution in [1.82, 2.24) is 20.2 Å². The van der Waals surface area contributed by atoms with Gasteiger partial charge in [-0.15, -0.1) is 0 Å². The average molecular weight is 348 g/mol. The molecule has 25 heavy (non-hydrogen) atoms. The normalized spacial score (nSPS) is 26.1. The number of nitrogens with one attached hydrogen (secondary N) is 2. The van der Waals surface area contributed by atoms with Gasteiger partial charge in [0.15, 0.2) is 0 Å². The number of aliphatic hydroxyl groups is 1. The highest BCUT2D eigenvalue weighted by Gasteiger charge is 2.33. The first-order chi connectivity index (χ1) is 12.1. The Morgan fingerprint density at radius 2 is 2.24 bits per heavy atom. The maximum atomic E-state index is 12.4. The molecule has 0 unspecified atom stereocenters. The second-order valence-corrected chi connectivity index (χ2v) is 7.01. The molecule has 8 nitrogen and oxygen atoms in total. The predicted molar refractivity (Wildman–Crippen MR) is 96.7 cm³/mol. The van der Waals surface area contributed by atoms with E-state index in [0.717, 1.165) is 31.0 Å². The third-order valence-corrected chi connectivity index (χ3v) is 5.36. The Morgan fingerprint density at radius 3 is 2.96 bits per heavy atom. The molecule has 3 heterocycles. The van der Waals surface area contributed by atoms with Crippen molar-refractivity contribution in [2.45, 2.75) is 25.8 Å². The fourth-order valence-corrected chi connectivity index (χ4v) is 3.75. The van der Waals surface area contributed by atoms with E-state index in [2.05, 4.69) is 32.4 Å². The van der Waals surface area contributed by atoms with Gasteiger partial charge in [-0.25, -0.2) is 14.8 Å². The molecule has 0 aliphatic carbocycles. The molecule has 0 radical (unpaired) electrons. The molecule has 1 aromatic rings. The summed E-state index contributed by atoms with van der Waals surface area (Å²) in [6.45, 7) is 5.11. The number of nitrogens with zero attached hydrogens (tertiary/aromatic N) is 4. The number of carbonyl (C=O) groups is 1. The number of rotatable bonds is 5. The van der Waals surface area contributed by atoms with E-state index in [4.69, 9.17) is 0 Å². The van der Waals surface area contributed by atoms with E-state index < -0.39 is 0 Å². The molecule has 3 atom stereocenters. The van der Waals surface area contributed by atoms with Gasteiger partial charge < -0.3 is 25.5 Å². The number of carbonyl (C=O) groups excluding carboxylic acids is 1. The molecule has 1 aromatic heterocycles. The summed E-state index contributed by atoms with van der Waals surface area (Å²) in [6.07, 6.45) is 3.69. The predicted octanol–water partition coefficient (Wildman–Crippen LogP) is 0.757. The van der Waals surface area contributed by atoms with Crippen molar-refractivity contribution in [2.75, 3.05) is 50.1 Å². The lowest BCUT2D eigenvalue weighted by Gasteiger charge is -2.27. The molecule has 2 amide bonds. The second-order valence-electron chi connectivity index (χ2n) is 7.01. The van der Waals surface area contributed by atoms with E-state index >= 15 is 0 Å². The number of hydrogen-bond donors (Lipinski definition) is 3. The van der Waals surface area contributed by atoms with Gasteiger partial charge in [-0.1, -0.05) is 6.92 Å². The molecule has 0 bridgehead atoms. The van der Waals surface area contributed by atoms with Gasteiger partial charge in [0.25, 0.3) is 0 Å². The molecule has 2 fully saturated rings. The van der Waals surface area contributed by atoms with Crippen LogP contribution in [-0.2, 0) is 0 Å². The topological polar surface area (TPSA) is 93.6 Å². The summed E-state index contributed by atoms with van der Waals surface area (Å²) < 4.78 is 0. The number of amides is 2. The lowest BCUT2D eigenvalue weighted by molar-refractivity contribution is 0.195. The molecule has 2 aliphatic rings. The van der Waals surface area contributed by atoms with Crippen LogP contribution in [0.15, 0.2) is 12.4 Å². The zero-order valence-corrected chi connectivity index (χ0v) is 15.0. The number of anilines is 2. The summed E-state index contributed by atoms with van der Waals surface area (Å²) in [4.78, 5) is 25.0. The van der Waals surface area contributed by atoms with Gasteiger partial charge >= 0.3 is 6.03 Å². The quantitative estimate of drug-likeness (QED) is 0.727. The maximum absolute atomic E-state index is 12.4. The smallest absolute Gasteiger partial charge is 0.317 e. The highest BCUT2D eigenvalue weighted by molar-refractivity contribution is 5.74. The van der Waals surface area contributed by atoms with E-state index in [9.17, 15) is 9.90 Å². The minimum absolute atomic E-state index is 0.0340. The summed E-state index contributed by atoms with van der Waals surface area (Å²) in [6, 6.07) is 2.15. The number of aliphatic hydroxyl groups excluding tert-OH is 1. The Hall–Kier alpha value is -2.09. The Morgan fingerprint density at radius 1 is 1.40 bits per heavy atom. The van der Waals surface area contributed by atoms with Crippen molar-refractivity contribution in [3.05, 3.63) is 12.4 Å². The highest BCUT2D eigenvalue weighted by atomic mass is 16.3. The molecule has 0 aromatic carbocycles. The summed E-state index contributed by atoms with van der Waals surface area (Å²) in [5.74, 6) is 2.22. The Balaban J connectivity index is 1.56. The highest BCUT2D eigenvalue weighted by Crippen LogP contribution is 2.25. The van der Waals surface area contributed by atoms with Crippen molar-refractivity contribution < 1.29 is 9.90 Å². The number of urea groups is 1. The fourth-order valence-electron chi connectivity index (χ4n) is 3.75. The van der Waals surface area contributed by atoms with Crippen LogP contribution < -0.4 is 15.5 Å². The van der Waals surface area contributed by atoms with Crippen LogP contribution in [0.3, 0.4) is 0 Å². The monoisotopic (exact) mass is 348 g/mol. The van der Waals surface area contributed by atoms with E-state index in [-0.39, 0.29) is 24.6 Å². The van der Waals surface area contributed by atoms with E-state index in [0.29, 0.717) is 25.6 Å². The van der Waals surface area contributed by atoms with Gasteiger partial charge in [0.05, 0.1) is 0 Å². The summed E-state index contributed by atoms with van der Waals surface area (Å²) in [5, 5.41) is 15.5. The lowest BCUT2D eigenvalue weighted by Crippen LogP contribution is -2.45. The summed E-state index contributed by atoms with van der Waals surface area (Å²) in [7, 11) is 1.84. The van der Waals surface area contributed by atoms with Crippen LogP contribution in [0.4, 0.5) is 16.4 Å². The van der Waals surface area contributed by atoms with Crippen LogP contribution in [0.1, 0.15) is 19.8 Å². The Labute approximate surface area is 148 Å². The molecule has 0 saturated carbocycles. The summed E-state index contributed by atoms with van der Waals surface area (Å²) >= 11 is 0. The molecule has 3 N–H and O–H groups in total. The van der Waals surface area contributed by atoms with Crippen LogP contribution in [0, 0.1) is 11.8 Å². The van der Waals surface area contributed by atoms with Crippen molar-refractivity contribution in [3.8, 4) is 0 Å². The molecule has 3 rings (SSSR count). The van der Waals surface area contributed by atoms with Gasteiger partial charge in [-0.2, -0.15) is 0 Å². The zero-order chi connectivity index (χ0) is 17.8. The third-order valence-electron chi connectivity index (χ3n) is 5.36. The first-order valence-corrected chi connectivity index (χ1v) is 9.02. The van der Waals surface area contributed by atoms with Crippen molar-refractivity contribution in [1.29, 1.82) is 0 Å². The number of hydrogen-bond acceptors (Lipinski definition) is 6. The molecule has 138 valence electrons. The SMILES string of the molecule is CNc1cc(N2CCC[C@H]2CNC(=O)N2C[C@@H](CO)[C@H](C)C2)ncn1. The molecule has 2 aliphatic heterocycles. The van der Waals surface area contributed by atoms with Crippen LogP contribution in [0.5, 0.6) is 0 Å². The van der Waals surface area contributed by atoms with Crippen LogP contribution in [-0.4, -0.2) is 71.9 Å². The van der Waals surface area contributed by atoms with Gasteiger partial charge in [0.2, 0.25) is 0 Å². The second kappa shape index (κ2) is 7.86. The van der Waals surface area contributed by atoms with E-state index in [1.165, 1.54) is 0 Å². The van der Waals surface area contributed by atoms with E-state index in [1.54, 1.807) is 6.33 Å². The minimum atomic E-state index is -0.0340. The Bertz CT molecular complexity index is 598. The van der Waals surface area contributed by atoms with Crippen molar-refractivity contribution >= 4 is 17.7 Å². The largest absolute Gasteiger partial charge is 0.396 e. The third kappa shape index (κ3) is 3.95. The standard InChI is InChI=1S/C17H28N6O2/c1-12-8-22(9-13(12)10-24)17(25)19-7-14-4-3-5-23(14)16-6-15(18-2)20-11-21-16/h6,11-14,24H,3-5,7-10H2,1-2H3,(H,19,25)(H,18,20,21)/t12-,13+,14+/m1/s1. The van der Waals surface area contributed by atoms with Crippen LogP contribution >= 0.6 is 0 Å². The molecular formula is C17H28N6O2. The molecule has 2 saturated heterocycles. The number of likely N-dealkylation sites (tertiary alicyclic amines) is 1. The molecule has 0 spiro atoms. The number of aromatic nitrogens is 2. The fraction of sp³-hybridized carbons (Fsp3) is 0.706. The van der Waals surface area contributed by atoms with Gasteiger partial charge in [-0.05, 0) is 18.8 Å². The molecular weight excluding hydrogens is 320 g/mol. The Kier molecular flexibility index (Phi) is 5.57. The van der Waals surface area contributed by atoms with Crippen LogP contribution in [0.25, 0.3) is 0 Å². The van der Waals surface area contributed by atoms with Crippen LogP contribution in [0.2, 0.25) is 0 Å². The first-order valence-electron chi connectivity index (χ1n) is 9.02. The maximum Gasteiger partial charge on any atom is 0.317 e. The molecule has 8 heteroatoms. The summed E-state index contributed by atoms with van der Waals surface area (Å²) in [5.41, 5.74) is 0. The zero-order valence-electron chi connectivity index (χ0n) is 15.0. The van der Waals surface area contributed by atoms with Gasteiger partial charge in [0, 0.05) is 57.9 Å². The minimum Gasteiger partial charge on any atom is -0.396 e. The van der Waals surface area contributed by atoms with E-state index in [1.807, 2.05) is 18.0 Å².